The zero-order chi connectivity index (χ0) is 48.2. The van der Waals surface area contributed by atoms with Crippen molar-refractivity contribution in [1.82, 2.24) is 19.8 Å². The average molecular weight is 943 g/mol. The van der Waals surface area contributed by atoms with Gasteiger partial charge in [0.05, 0.1) is 36.9 Å². The molecule has 1 aliphatic carbocycles. The van der Waals surface area contributed by atoms with Gasteiger partial charge in [-0.05, 0) is 78.3 Å². The molecule has 5 heterocycles. The summed E-state index contributed by atoms with van der Waals surface area (Å²) in [6.45, 7) is 0.677. The Morgan fingerprint density at radius 1 is 0.814 bits per heavy atom. The van der Waals surface area contributed by atoms with Crippen molar-refractivity contribution in [2.75, 3.05) is 69.5 Å². The Morgan fingerprint density at radius 3 is 2.26 bits per heavy atom. The molecule has 6 atom stereocenters. The van der Waals surface area contributed by atoms with Crippen molar-refractivity contribution in [3.63, 3.8) is 0 Å². The molecule has 4 aliphatic heterocycles. The van der Waals surface area contributed by atoms with Gasteiger partial charge in [0, 0.05) is 56.8 Å². The van der Waals surface area contributed by atoms with E-state index in [0.717, 1.165) is 41.7 Å². The van der Waals surface area contributed by atoms with Crippen LogP contribution in [-0.4, -0.2) is 115 Å². The first-order valence-corrected chi connectivity index (χ1v) is 23.9. The van der Waals surface area contributed by atoms with Gasteiger partial charge in [-0.15, -0.1) is 0 Å². The van der Waals surface area contributed by atoms with Gasteiger partial charge in [0.1, 0.15) is 36.5 Å². The first-order valence-electron chi connectivity index (χ1n) is 23.9. The van der Waals surface area contributed by atoms with Gasteiger partial charge in [-0.2, -0.15) is 0 Å². The Hall–Kier alpha value is -7.38. The number of aromatic nitrogens is 2. The van der Waals surface area contributed by atoms with Gasteiger partial charge < -0.3 is 33.9 Å². The van der Waals surface area contributed by atoms with Crippen LogP contribution in [0.2, 0.25) is 0 Å². The zero-order valence-corrected chi connectivity index (χ0v) is 38.9. The number of hydrogen-bond donors (Lipinski definition) is 1. The van der Waals surface area contributed by atoms with Crippen molar-refractivity contribution in [2.24, 2.45) is 5.92 Å². The molecule has 5 aromatic rings. The Kier molecular flexibility index (Phi) is 13.4. The molecule has 15 heteroatoms. The lowest BCUT2D eigenvalue weighted by molar-refractivity contribution is -0.179. The minimum atomic E-state index is -2.05. The summed E-state index contributed by atoms with van der Waals surface area (Å²) in [4.78, 5) is 78.9. The van der Waals surface area contributed by atoms with Gasteiger partial charge in [0.25, 0.3) is 0 Å². The van der Waals surface area contributed by atoms with Gasteiger partial charge in [-0.1, -0.05) is 96.8 Å². The van der Waals surface area contributed by atoms with Gasteiger partial charge >= 0.3 is 12.1 Å². The number of nitrogens with zero attached hydrogens (tertiary/aromatic N) is 6. The van der Waals surface area contributed by atoms with Crippen LogP contribution in [0.3, 0.4) is 0 Å². The lowest BCUT2D eigenvalue weighted by Gasteiger charge is -2.46. The van der Waals surface area contributed by atoms with E-state index in [9.17, 15) is 9.90 Å². The van der Waals surface area contributed by atoms with Crippen molar-refractivity contribution >= 4 is 35.5 Å². The van der Waals surface area contributed by atoms with Gasteiger partial charge in [0.2, 0.25) is 17.8 Å². The SMILES string of the molecule is COCCOC(=O)N1C(=O)[C@@]2(c3cc(C#CC4=CCCCC4)ccc31)[C@H](c1ccccc1OCCO)N1[C@H](c3ccccc3)[C@H](c3ccccc3)OC(=O)[C@H]1[C@@H]2C(=O)N1CCN(c2ncccn2)CC1. The van der Waals surface area contributed by atoms with Crippen LogP contribution < -0.4 is 14.5 Å². The lowest BCUT2D eigenvalue weighted by atomic mass is 9.64. The highest BCUT2D eigenvalue weighted by Gasteiger charge is 2.76. The first kappa shape index (κ1) is 46.4. The number of morpholine rings is 1. The predicted molar refractivity (Wildman–Crippen MR) is 258 cm³/mol. The number of esters is 1. The number of methoxy groups -OCH3 is 1. The monoisotopic (exact) mass is 942 g/mol. The van der Waals surface area contributed by atoms with E-state index < -0.39 is 59.4 Å². The number of aliphatic hydroxyl groups excluding tert-OH is 1. The number of rotatable bonds is 11. The second-order valence-corrected chi connectivity index (χ2v) is 17.9. The number of amides is 3. The van der Waals surface area contributed by atoms with Crippen LogP contribution in [0.5, 0.6) is 5.75 Å². The second-order valence-electron chi connectivity index (χ2n) is 17.9. The molecule has 1 aromatic heterocycles. The van der Waals surface area contributed by atoms with Crippen LogP contribution in [0.25, 0.3) is 0 Å². The van der Waals surface area contributed by atoms with Gasteiger partial charge in [-0.25, -0.2) is 19.7 Å². The number of carbonyl (C=O) groups excluding carboxylic acids is 4. The summed E-state index contributed by atoms with van der Waals surface area (Å²) in [7, 11) is 1.48. The van der Waals surface area contributed by atoms with Crippen LogP contribution in [0, 0.1) is 17.8 Å². The number of cyclic esters (lactones) is 1. The number of carbonyl (C=O) groups is 4. The number of ether oxygens (including phenoxy) is 4. The molecule has 5 aliphatic rings. The Balaban J connectivity index is 1.25. The fourth-order valence-corrected chi connectivity index (χ4v) is 11.1. The van der Waals surface area contributed by atoms with Crippen LogP contribution in [0.1, 0.15) is 71.7 Å². The summed E-state index contributed by atoms with van der Waals surface area (Å²) < 4.78 is 24.0. The largest absolute Gasteiger partial charge is 0.491 e. The molecule has 4 aromatic carbocycles. The standard InChI is InChI=1S/C55H54N6O9/c1-67-34-35-69-54(66)60-43-25-24-38(23-22-37-14-5-2-6-15-37)36-42(43)55(52(60)65)45(50(63)58-28-30-59(31-29-58)53-56-26-13-27-57-53)47-51(64)70-48(40-18-9-4-10-19-40)46(39-16-7-3-8-17-39)61(47)49(55)41-20-11-12-21-44(41)68-33-32-62/h3-4,7-14,16-21,24-27,36,45-49,62H,2,5-6,15,28-35H2,1H3/t45-,46-,47-,48+,49+,55-/m1/s1. The average Bonchev–Trinajstić information content (AvgIpc) is 3.86. The molecule has 3 amide bonds. The predicted octanol–water partition coefficient (Wildman–Crippen LogP) is 6.50. The maximum absolute atomic E-state index is 16.7. The molecule has 0 radical (unpaired) electrons. The van der Waals surface area contributed by atoms with Crippen molar-refractivity contribution in [2.45, 2.75) is 55.3 Å². The van der Waals surface area contributed by atoms with Crippen LogP contribution >= 0.6 is 0 Å². The van der Waals surface area contributed by atoms with E-state index in [1.165, 1.54) is 7.11 Å². The number of benzene rings is 4. The quantitative estimate of drug-likeness (QED) is 0.0869. The molecule has 0 unspecified atom stereocenters. The van der Waals surface area contributed by atoms with Crippen molar-refractivity contribution in [1.29, 1.82) is 0 Å². The molecule has 10 rings (SSSR count). The fraction of sp³-hybridized carbons (Fsp3) is 0.345. The van der Waals surface area contributed by atoms with Gasteiger partial charge in [-0.3, -0.25) is 19.3 Å². The molecule has 0 saturated carbocycles. The molecule has 0 bridgehead atoms. The summed E-state index contributed by atoms with van der Waals surface area (Å²) in [6.07, 6.45) is 7.49. The third-order valence-electron chi connectivity index (χ3n) is 14.1. The maximum atomic E-state index is 16.7. The third-order valence-corrected chi connectivity index (χ3v) is 14.1. The zero-order valence-electron chi connectivity index (χ0n) is 38.9. The second kappa shape index (κ2) is 20.3. The highest BCUT2D eigenvalue weighted by molar-refractivity contribution is 6.23. The third kappa shape index (κ3) is 8.35. The number of hydrogen-bond acceptors (Lipinski definition) is 13. The molecule has 70 heavy (non-hydrogen) atoms. The Labute approximate surface area is 406 Å². The van der Waals surface area contributed by atoms with Crippen LogP contribution in [-0.2, 0) is 34.0 Å². The number of anilines is 2. The maximum Gasteiger partial charge on any atom is 0.421 e. The Bertz CT molecular complexity index is 2830. The van der Waals surface area contributed by atoms with Crippen molar-refractivity contribution in [3.8, 4) is 17.6 Å². The van der Waals surface area contributed by atoms with Crippen molar-refractivity contribution in [3.05, 3.63) is 161 Å². The first-order chi connectivity index (χ1) is 34.3. The van der Waals surface area contributed by atoms with Crippen molar-refractivity contribution < 1.29 is 43.2 Å². The molecule has 15 nitrogen and oxygen atoms in total. The minimum Gasteiger partial charge on any atom is -0.491 e. The minimum absolute atomic E-state index is 0.0662. The molecular formula is C55H54N6O9. The molecular weight excluding hydrogens is 889 g/mol. The van der Waals surface area contributed by atoms with E-state index >= 15 is 14.4 Å². The number of allylic oxidation sites excluding steroid dienone is 2. The summed E-state index contributed by atoms with van der Waals surface area (Å²) in [6, 6.07) is 29.8. The van der Waals surface area contributed by atoms with E-state index in [-0.39, 0.29) is 45.2 Å². The molecule has 3 saturated heterocycles. The van der Waals surface area contributed by atoms with E-state index in [1.807, 2.05) is 82.6 Å². The van der Waals surface area contributed by atoms with Crippen LogP contribution in [0.15, 0.2) is 133 Å². The summed E-state index contributed by atoms with van der Waals surface area (Å²) >= 11 is 0. The summed E-state index contributed by atoms with van der Waals surface area (Å²) in [5.74, 6) is 4.13. The molecule has 3 fully saturated rings. The normalized spacial score (nSPS) is 24.0. The number of aliphatic hydroxyl groups is 1. The molecule has 358 valence electrons. The number of fused-ring (bicyclic) bond motifs is 3. The highest BCUT2D eigenvalue weighted by atomic mass is 16.6. The number of imide groups is 1. The van der Waals surface area contributed by atoms with E-state index in [4.69, 9.17) is 18.9 Å². The number of para-hydroxylation sites is 1. The van der Waals surface area contributed by atoms with E-state index in [1.54, 1.807) is 53.7 Å². The summed E-state index contributed by atoms with van der Waals surface area (Å²) in [5, 5.41) is 10.1. The fourth-order valence-electron chi connectivity index (χ4n) is 11.1. The summed E-state index contributed by atoms with van der Waals surface area (Å²) in [5.41, 5.74) is 1.96. The topological polar surface area (TPSA) is 164 Å². The van der Waals surface area contributed by atoms with Gasteiger partial charge in [0.15, 0.2) is 0 Å². The Morgan fingerprint density at radius 2 is 1.54 bits per heavy atom. The smallest absolute Gasteiger partial charge is 0.421 e. The lowest BCUT2D eigenvalue weighted by Crippen LogP contribution is -2.59. The molecule has 1 spiro atoms. The highest BCUT2D eigenvalue weighted by Crippen LogP contribution is 2.67. The molecule has 1 N–H and O–H groups in total. The van der Waals surface area contributed by atoms with Crippen LogP contribution in [0.4, 0.5) is 16.4 Å². The van der Waals surface area contributed by atoms with E-state index in [2.05, 4.69) is 27.9 Å². The number of piperazine rings is 1. The van der Waals surface area contributed by atoms with E-state index in [0.29, 0.717) is 47.0 Å².